The molecule has 1 aliphatic heterocycles. The number of aliphatic hydroxyl groups is 1. The minimum absolute atomic E-state index is 0.168. The van der Waals surface area contributed by atoms with E-state index in [9.17, 15) is 9.90 Å². The summed E-state index contributed by atoms with van der Waals surface area (Å²) >= 11 is 0. The van der Waals surface area contributed by atoms with E-state index in [-0.39, 0.29) is 17.1 Å². The van der Waals surface area contributed by atoms with Crippen LogP contribution in [-0.2, 0) is 13.6 Å². The quantitative estimate of drug-likeness (QED) is 0.889. The Balaban J connectivity index is 1.56. The van der Waals surface area contributed by atoms with Crippen molar-refractivity contribution in [2.24, 2.45) is 13.0 Å². The van der Waals surface area contributed by atoms with E-state index in [4.69, 9.17) is 9.15 Å². The van der Waals surface area contributed by atoms with Gasteiger partial charge in [-0.25, -0.2) is 4.98 Å². The highest BCUT2D eigenvalue weighted by atomic mass is 16.5. The fourth-order valence-corrected chi connectivity index (χ4v) is 3.19. The summed E-state index contributed by atoms with van der Waals surface area (Å²) in [6.45, 7) is 2.29. The van der Waals surface area contributed by atoms with Gasteiger partial charge >= 0.3 is 0 Å². The molecule has 3 rings (SSSR count). The Morgan fingerprint density at radius 2 is 2.21 bits per heavy atom. The van der Waals surface area contributed by atoms with E-state index in [2.05, 4.69) is 9.88 Å². The molecule has 1 atom stereocenters. The van der Waals surface area contributed by atoms with Crippen LogP contribution in [0.5, 0.6) is 5.75 Å². The molecule has 0 amide bonds. The maximum atomic E-state index is 11.8. The fourth-order valence-electron chi connectivity index (χ4n) is 3.19. The van der Waals surface area contributed by atoms with Crippen molar-refractivity contribution in [3.05, 3.63) is 46.5 Å². The summed E-state index contributed by atoms with van der Waals surface area (Å²) in [7, 11) is 3.34. The molecule has 24 heavy (non-hydrogen) atoms. The second-order valence-electron chi connectivity index (χ2n) is 6.23. The second kappa shape index (κ2) is 7.19. The standard InChI is InChI=1S/C17H23N3O4/c1-19-8-5-18-17(19)16(22)12-3-6-20(7-4-12)10-13-9-14(21)15(23-2)11-24-13/h5,8-9,11-12,16,22H,3-4,6-7,10H2,1-2H3. The van der Waals surface area contributed by atoms with Gasteiger partial charge < -0.3 is 18.8 Å². The first-order valence-electron chi connectivity index (χ1n) is 8.12. The molecule has 0 radical (unpaired) electrons. The monoisotopic (exact) mass is 333 g/mol. The first kappa shape index (κ1) is 16.7. The van der Waals surface area contributed by atoms with E-state index >= 15 is 0 Å². The topological polar surface area (TPSA) is 80.7 Å². The highest BCUT2D eigenvalue weighted by molar-refractivity contribution is 5.17. The Bertz CT molecular complexity index is 731. The molecule has 1 unspecified atom stereocenters. The van der Waals surface area contributed by atoms with Gasteiger partial charge in [-0.2, -0.15) is 0 Å². The Morgan fingerprint density at radius 1 is 1.46 bits per heavy atom. The van der Waals surface area contributed by atoms with Gasteiger partial charge in [0.15, 0.2) is 0 Å². The normalized spacial score (nSPS) is 17.8. The number of rotatable bonds is 5. The van der Waals surface area contributed by atoms with Crippen molar-refractivity contribution in [3.8, 4) is 5.75 Å². The summed E-state index contributed by atoms with van der Waals surface area (Å²) in [5.41, 5.74) is -0.168. The molecule has 1 saturated heterocycles. The third kappa shape index (κ3) is 3.52. The van der Waals surface area contributed by atoms with Gasteiger partial charge in [-0.3, -0.25) is 9.69 Å². The summed E-state index contributed by atoms with van der Waals surface area (Å²) in [5.74, 6) is 1.76. The lowest BCUT2D eigenvalue weighted by molar-refractivity contribution is 0.0473. The van der Waals surface area contributed by atoms with Crippen molar-refractivity contribution in [2.45, 2.75) is 25.5 Å². The van der Waals surface area contributed by atoms with E-state index in [1.807, 2.05) is 17.8 Å². The molecule has 130 valence electrons. The van der Waals surface area contributed by atoms with E-state index in [0.29, 0.717) is 12.3 Å². The number of aromatic nitrogens is 2. The van der Waals surface area contributed by atoms with Crippen LogP contribution in [0, 0.1) is 5.92 Å². The Morgan fingerprint density at radius 3 is 2.79 bits per heavy atom. The number of piperidine rings is 1. The minimum Gasteiger partial charge on any atom is -0.490 e. The van der Waals surface area contributed by atoms with Crippen LogP contribution in [0.25, 0.3) is 0 Å². The first-order valence-corrected chi connectivity index (χ1v) is 8.12. The van der Waals surface area contributed by atoms with Crippen LogP contribution in [0.2, 0.25) is 0 Å². The van der Waals surface area contributed by atoms with Crippen LogP contribution in [0.1, 0.15) is 30.5 Å². The van der Waals surface area contributed by atoms with E-state index < -0.39 is 6.10 Å². The zero-order valence-corrected chi connectivity index (χ0v) is 14.0. The highest BCUT2D eigenvalue weighted by Crippen LogP contribution is 2.30. The number of aryl methyl sites for hydroxylation is 1. The molecule has 2 aromatic rings. The average Bonchev–Trinajstić information content (AvgIpc) is 3.01. The van der Waals surface area contributed by atoms with Crippen LogP contribution in [0.3, 0.4) is 0 Å². The molecule has 0 bridgehead atoms. The van der Waals surface area contributed by atoms with Crippen molar-refractivity contribution in [2.75, 3.05) is 20.2 Å². The summed E-state index contributed by atoms with van der Waals surface area (Å²) in [5, 5.41) is 10.5. The molecule has 1 N–H and O–H groups in total. The number of ether oxygens (including phenoxy) is 1. The number of imidazole rings is 1. The molecule has 0 aromatic carbocycles. The van der Waals surface area contributed by atoms with E-state index in [1.54, 1.807) is 6.20 Å². The molecule has 7 heteroatoms. The molecule has 1 aliphatic rings. The van der Waals surface area contributed by atoms with Gasteiger partial charge in [0.2, 0.25) is 11.2 Å². The van der Waals surface area contributed by atoms with Crippen LogP contribution >= 0.6 is 0 Å². The smallest absolute Gasteiger partial charge is 0.227 e. The Hall–Kier alpha value is -2.12. The molecule has 0 saturated carbocycles. The number of hydrogen-bond acceptors (Lipinski definition) is 6. The van der Waals surface area contributed by atoms with Gasteiger partial charge in [0, 0.05) is 25.5 Å². The van der Waals surface area contributed by atoms with Crippen LogP contribution in [-0.4, -0.2) is 39.8 Å². The molecule has 0 aliphatic carbocycles. The summed E-state index contributed by atoms with van der Waals surface area (Å²) < 4.78 is 12.2. The van der Waals surface area contributed by atoms with E-state index in [1.165, 1.54) is 19.4 Å². The van der Waals surface area contributed by atoms with Gasteiger partial charge in [-0.15, -0.1) is 0 Å². The van der Waals surface area contributed by atoms with Crippen molar-refractivity contribution in [3.63, 3.8) is 0 Å². The molecule has 2 aromatic heterocycles. The minimum atomic E-state index is -0.536. The highest BCUT2D eigenvalue weighted by Gasteiger charge is 2.28. The largest absolute Gasteiger partial charge is 0.490 e. The number of nitrogens with zero attached hydrogens (tertiary/aromatic N) is 3. The van der Waals surface area contributed by atoms with Crippen molar-refractivity contribution >= 4 is 0 Å². The lowest BCUT2D eigenvalue weighted by atomic mass is 9.90. The molecular formula is C17H23N3O4. The molecule has 0 spiro atoms. The van der Waals surface area contributed by atoms with Gasteiger partial charge in [0.05, 0.1) is 13.7 Å². The van der Waals surface area contributed by atoms with Gasteiger partial charge in [-0.05, 0) is 31.8 Å². The summed E-state index contributed by atoms with van der Waals surface area (Å²) in [6.07, 6.45) is 6.14. The molecule has 3 heterocycles. The Labute approximate surface area is 140 Å². The number of hydrogen-bond donors (Lipinski definition) is 1. The second-order valence-corrected chi connectivity index (χ2v) is 6.23. The van der Waals surface area contributed by atoms with Gasteiger partial charge in [-0.1, -0.05) is 0 Å². The number of likely N-dealkylation sites (tertiary alicyclic amines) is 1. The Kier molecular flexibility index (Phi) is 5.01. The van der Waals surface area contributed by atoms with Crippen molar-refractivity contribution < 1.29 is 14.3 Å². The first-order chi connectivity index (χ1) is 11.6. The molecule has 7 nitrogen and oxygen atoms in total. The predicted molar refractivity (Wildman–Crippen MR) is 87.7 cm³/mol. The summed E-state index contributed by atoms with van der Waals surface area (Å²) in [4.78, 5) is 18.2. The molecule has 1 fully saturated rings. The third-order valence-electron chi connectivity index (χ3n) is 4.65. The van der Waals surface area contributed by atoms with Crippen molar-refractivity contribution in [1.29, 1.82) is 0 Å². The lowest BCUT2D eigenvalue weighted by Gasteiger charge is -2.33. The predicted octanol–water partition coefficient (Wildman–Crippen LogP) is 1.33. The number of aliphatic hydroxyl groups excluding tert-OH is 1. The van der Waals surface area contributed by atoms with Crippen LogP contribution in [0.4, 0.5) is 0 Å². The van der Waals surface area contributed by atoms with E-state index in [0.717, 1.165) is 31.8 Å². The van der Waals surface area contributed by atoms with Crippen LogP contribution in [0.15, 0.2) is 33.9 Å². The maximum absolute atomic E-state index is 11.8. The summed E-state index contributed by atoms with van der Waals surface area (Å²) in [6, 6.07) is 1.48. The zero-order valence-electron chi connectivity index (χ0n) is 14.0. The van der Waals surface area contributed by atoms with Gasteiger partial charge in [0.25, 0.3) is 0 Å². The average molecular weight is 333 g/mol. The zero-order chi connectivity index (χ0) is 17.1. The fraction of sp³-hybridized carbons (Fsp3) is 0.529. The van der Waals surface area contributed by atoms with Gasteiger partial charge in [0.1, 0.15) is 24.0 Å². The lowest BCUT2D eigenvalue weighted by Crippen LogP contribution is -2.35. The SMILES string of the molecule is COc1coc(CN2CCC(C(O)c3nccn3C)CC2)cc1=O. The van der Waals surface area contributed by atoms with Crippen LogP contribution < -0.4 is 10.2 Å². The number of methoxy groups -OCH3 is 1. The van der Waals surface area contributed by atoms with Crippen molar-refractivity contribution in [1.82, 2.24) is 14.5 Å². The maximum Gasteiger partial charge on any atom is 0.227 e. The third-order valence-corrected chi connectivity index (χ3v) is 4.65. The molecular weight excluding hydrogens is 310 g/mol.